The van der Waals surface area contributed by atoms with E-state index in [0.717, 1.165) is 17.1 Å². The number of imidazole rings is 1. The molecule has 0 bridgehead atoms. The monoisotopic (exact) mass is 482 g/mol. The lowest BCUT2D eigenvalue weighted by Crippen LogP contribution is -2.41. The van der Waals surface area contributed by atoms with E-state index in [1.165, 1.54) is 30.5 Å². The van der Waals surface area contributed by atoms with Crippen LogP contribution in [0.4, 0.5) is 0 Å². The number of aromatic nitrogens is 7. The van der Waals surface area contributed by atoms with Crippen molar-refractivity contribution in [3.8, 4) is 23.0 Å². The van der Waals surface area contributed by atoms with Gasteiger partial charge in [-0.2, -0.15) is 5.10 Å². The average molecular weight is 483 g/mol. The Morgan fingerprint density at radius 1 is 1.06 bits per heavy atom. The number of methoxy groups -OCH3 is 1. The van der Waals surface area contributed by atoms with Crippen LogP contribution in [0.2, 0.25) is 0 Å². The first-order valence-corrected chi connectivity index (χ1v) is 11.4. The van der Waals surface area contributed by atoms with Gasteiger partial charge in [-0.1, -0.05) is 30.3 Å². The number of hydrogen-bond donors (Lipinski definition) is 1. The van der Waals surface area contributed by atoms with Crippen molar-refractivity contribution in [1.82, 2.24) is 39.2 Å². The summed E-state index contributed by atoms with van der Waals surface area (Å²) in [6.07, 6.45) is 6.33. The first-order valence-electron chi connectivity index (χ1n) is 11.4. The number of amides is 1. The molecule has 1 aliphatic rings. The summed E-state index contributed by atoms with van der Waals surface area (Å²) in [4.78, 5) is 44.5. The Labute approximate surface area is 205 Å². The average Bonchev–Trinajstić information content (AvgIpc) is 3.65. The number of H-pyrrole nitrogens is 1. The third-order valence-electron chi connectivity index (χ3n) is 6.34. The molecule has 0 saturated carbocycles. The maximum absolute atomic E-state index is 13.4. The topological polar surface area (TPSA) is 124 Å². The van der Waals surface area contributed by atoms with Crippen LogP contribution in [0.5, 0.6) is 5.75 Å². The molecule has 0 spiro atoms. The molecule has 5 aromatic rings. The molecule has 36 heavy (non-hydrogen) atoms. The molecule has 0 atom stereocenters. The summed E-state index contributed by atoms with van der Waals surface area (Å²) in [5, 5.41) is 4.78. The molecular weight excluding hydrogens is 460 g/mol. The molecule has 1 aliphatic heterocycles. The van der Waals surface area contributed by atoms with Crippen LogP contribution in [0.25, 0.3) is 28.1 Å². The Kier molecular flexibility index (Phi) is 5.10. The Morgan fingerprint density at radius 2 is 1.89 bits per heavy atom. The number of carbonyl (C=O) groups excluding carboxylic acids is 2. The zero-order chi connectivity index (χ0) is 24.8. The van der Waals surface area contributed by atoms with Crippen LogP contribution < -0.4 is 4.74 Å². The predicted molar refractivity (Wildman–Crippen MR) is 130 cm³/mol. The maximum atomic E-state index is 13.4. The minimum Gasteiger partial charge on any atom is -0.494 e. The summed E-state index contributed by atoms with van der Waals surface area (Å²) in [5.41, 5.74) is 2.64. The lowest BCUT2D eigenvalue weighted by Gasteiger charge is -2.28. The standard InChI is InChI=1S/C25H22N8O3/c1-15-29-14-33(30-15)24-21-20(19(36-2)12-28-24)18(11-26-21)22(34)25(35)31-8-9-32-17(13-31)10-27-23(32)16-6-4-3-5-7-16/h3-7,10-12,14,26H,8-9,13H2,1-2H3. The van der Waals surface area contributed by atoms with E-state index >= 15 is 0 Å². The number of benzene rings is 1. The van der Waals surface area contributed by atoms with Crippen molar-refractivity contribution < 1.29 is 14.3 Å². The minimum atomic E-state index is -0.622. The van der Waals surface area contributed by atoms with Gasteiger partial charge in [0.1, 0.15) is 23.7 Å². The van der Waals surface area contributed by atoms with Crippen LogP contribution in [0.1, 0.15) is 21.9 Å². The molecule has 6 rings (SSSR count). The predicted octanol–water partition coefficient (Wildman–Crippen LogP) is 2.55. The fourth-order valence-corrected chi connectivity index (χ4v) is 4.59. The number of carbonyl (C=O) groups is 2. The molecule has 11 nitrogen and oxygen atoms in total. The van der Waals surface area contributed by atoms with Crippen molar-refractivity contribution in [3.05, 3.63) is 72.3 Å². The summed E-state index contributed by atoms with van der Waals surface area (Å²) in [7, 11) is 1.49. The van der Waals surface area contributed by atoms with E-state index in [1.54, 1.807) is 18.0 Å². The highest BCUT2D eigenvalue weighted by Gasteiger charge is 2.31. The lowest BCUT2D eigenvalue weighted by molar-refractivity contribution is -0.127. The molecule has 1 aromatic carbocycles. The van der Waals surface area contributed by atoms with Crippen LogP contribution >= 0.6 is 0 Å². The van der Waals surface area contributed by atoms with Crippen molar-refractivity contribution in [2.24, 2.45) is 0 Å². The Hall–Kier alpha value is -4.80. The number of aryl methyl sites for hydroxylation is 1. The summed E-state index contributed by atoms with van der Waals surface area (Å²) >= 11 is 0. The van der Waals surface area contributed by atoms with Crippen LogP contribution in [-0.4, -0.2) is 64.5 Å². The molecule has 1 amide bonds. The van der Waals surface area contributed by atoms with Crippen LogP contribution in [0.3, 0.4) is 0 Å². The van der Waals surface area contributed by atoms with Crippen molar-refractivity contribution in [2.75, 3.05) is 13.7 Å². The third kappa shape index (κ3) is 3.44. The number of nitrogens with one attached hydrogen (secondary N) is 1. The van der Waals surface area contributed by atoms with Crippen molar-refractivity contribution >= 4 is 22.6 Å². The quantitative estimate of drug-likeness (QED) is 0.302. The SMILES string of the molecule is COc1cnc(-n2cnc(C)n2)c2[nH]cc(C(=O)C(=O)N3CCn4c(cnc4-c4ccccc4)C3)c12. The second kappa shape index (κ2) is 8.45. The Balaban J connectivity index is 1.31. The lowest BCUT2D eigenvalue weighted by atomic mass is 10.1. The molecule has 0 unspecified atom stereocenters. The third-order valence-corrected chi connectivity index (χ3v) is 6.34. The molecule has 180 valence electrons. The number of hydrogen-bond acceptors (Lipinski definition) is 7. The summed E-state index contributed by atoms with van der Waals surface area (Å²) in [6.45, 7) is 3.02. The van der Waals surface area contributed by atoms with Gasteiger partial charge in [0.15, 0.2) is 5.82 Å². The van der Waals surface area contributed by atoms with Crippen LogP contribution in [0.15, 0.2) is 55.2 Å². The van der Waals surface area contributed by atoms with Gasteiger partial charge in [0.2, 0.25) is 0 Å². The largest absolute Gasteiger partial charge is 0.494 e. The molecule has 0 radical (unpaired) electrons. The van der Waals surface area contributed by atoms with Gasteiger partial charge < -0.3 is 19.2 Å². The van der Waals surface area contributed by atoms with Gasteiger partial charge in [-0.25, -0.2) is 19.6 Å². The van der Waals surface area contributed by atoms with Gasteiger partial charge in [-0.3, -0.25) is 9.59 Å². The molecule has 5 heterocycles. The number of pyridine rings is 1. The molecule has 0 aliphatic carbocycles. The highest BCUT2D eigenvalue weighted by atomic mass is 16.5. The van der Waals surface area contributed by atoms with Crippen molar-refractivity contribution in [3.63, 3.8) is 0 Å². The molecule has 4 aromatic heterocycles. The zero-order valence-electron chi connectivity index (χ0n) is 19.7. The number of ether oxygens (including phenoxy) is 1. The number of nitrogens with zero attached hydrogens (tertiary/aromatic N) is 7. The van der Waals surface area contributed by atoms with Crippen LogP contribution in [0, 0.1) is 6.92 Å². The van der Waals surface area contributed by atoms with Gasteiger partial charge in [0.25, 0.3) is 11.7 Å². The number of fused-ring (bicyclic) bond motifs is 2. The van der Waals surface area contributed by atoms with Gasteiger partial charge in [-0.05, 0) is 6.92 Å². The normalized spacial score (nSPS) is 13.1. The Bertz CT molecular complexity index is 1620. The zero-order valence-corrected chi connectivity index (χ0v) is 19.7. The van der Waals surface area contributed by atoms with E-state index in [1.807, 2.05) is 30.3 Å². The minimum absolute atomic E-state index is 0.219. The van der Waals surface area contributed by atoms with Gasteiger partial charge in [-0.15, -0.1) is 0 Å². The Morgan fingerprint density at radius 3 is 2.64 bits per heavy atom. The summed E-state index contributed by atoms with van der Waals surface area (Å²) in [5.74, 6) is 1.07. The second-order valence-electron chi connectivity index (χ2n) is 8.49. The van der Waals surface area contributed by atoms with E-state index in [4.69, 9.17) is 4.74 Å². The summed E-state index contributed by atoms with van der Waals surface area (Å²) < 4.78 is 9.08. The highest BCUT2D eigenvalue weighted by molar-refractivity contribution is 6.45. The van der Waals surface area contributed by atoms with Crippen LogP contribution in [-0.2, 0) is 17.9 Å². The summed E-state index contributed by atoms with van der Waals surface area (Å²) in [6, 6.07) is 9.90. The molecule has 1 N–H and O–H groups in total. The number of rotatable bonds is 5. The fourth-order valence-electron chi connectivity index (χ4n) is 4.59. The molecular formula is C25H22N8O3. The number of aromatic amines is 1. The van der Waals surface area contributed by atoms with Gasteiger partial charge in [0.05, 0.1) is 48.2 Å². The van der Waals surface area contributed by atoms with E-state index in [-0.39, 0.29) is 5.56 Å². The molecule has 0 saturated heterocycles. The van der Waals surface area contributed by atoms with Crippen molar-refractivity contribution in [1.29, 1.82) is 0 Å². The van der Waals surface area contributed by atoms with E-state index < -0.39 is 11.7 Å². The number of Topliss-reactive ketones (excluding diaryl/α,β-unsaturated/α-hetero) is 1. The first kappa shape index (κ1) is 21.7. The number of ketones is 1. The molecule has 0 fully saturated rings. The maximum Gasteiger partial charge on any atom is 0.295 e. The van der Waals surface area contributed by atoms with E-state index in [0.29, 0.717) is 47.9 Å². The first-order chi connectivity index (χ1) is 17.5. The molecule has 11 heteroatoms. The van der Waals surface area contributed by atoms with Gasteiger partial charge in [0, 0.05) is 24.8 Å². The van der Waals surface area contributed by atoms with Crippen molar-refractivity contribution in [2.45, 2.75) is 20.0 Å². The highest BCUT2D eigenvalue weighted by Crippen LogP contribution is 2.32. The van der Waals surface area contributed by atoms with Gasteiger partial charge >= 0.3 is 0 Å². The smallest absolute Gasteiger partial charge is 0.295 e. The van der Waals surface area contributed by atoms with E-state index in [9.17, 15) is 9.59 Å². The second-order valence-corrected chi connectivity index (χ2v) is 8.49. The van der Waals surface area contributed by atoms with E-state index in [2.05, 4.69) is 29.6 Å². The fraction of sp³-hybridized carbons (Fsp3) is 0.200.